The van der Waals surface area contributed by atoms with Crippen molar-refractivity contribution in [2.24, 2.45) is 70.3 Å². The molecule has 0 aliphatic heterocycles. The van der Waals surface area contributed by atoms with Crippen LogP contribution in [0.2, 0.25) is 0 Å². The number of hydrogen-bond donors (Lipinski definition) is 9. The molecule has 0 atom stereocenters. The van der Waals surface area contributed by atoms with Crippen molar-refractivity contribution in [3.8, 4) is 0 Å². The van der Waals surface area contributed by atoms with Crippen molar-refractivity contribution in [3.63, 3.8) is 0 Å². The first kappa shape index (κ1) is 23.2. The third-order valence-corrected chi connectivity index (χ3v) is 2.57. The van der Waals surface area contributed by atoms with Crippen molar-refractivity contribution < 1.29 is 0 Å². The summed E-state index contributed by atoms with van der Waals surface area (Å²) in [6.45, 7) is 2.71. The molecule has 0 fully saturated rings. The second kappa shape index (κ2) is 13.5. The summed E-state index contributed by atoms with van der Waals surface area (Å²) in [5, 5.41) is 6.87. The van der Waals surface area contributed by atoms with Gasteiger partial charge in [0.15, 0.2) is 5.96 Å². The number of nitrogens with two attached hydrogens (primary N) is 7. The Kier molecular flexibility index (Phi) is 11.6. The number of rotatable bonds is 6. The van der Waals surface area contributed by atoms with Gasteiger partial charge < -0.3 is 40.1 Å². The van der Waals surface area contributed by atoms with E-state index >= 15 is 0 Å². The van der Waals surface area contributed by atoms with Crippen molar-refractivity contribution in [1.82, 2.24) is 10.9 Å². The standard InChI is InChI=1S/C12H29N15/c1-2-3-4-5-6-20-8(15)22-10(17)25-27-12(19)23-11(18)26-24-9(16)21-7(13)14/h2-6H2,1H3,(H6,13,14,16,21,24)(H5,15,17,20,22,25)(H5,18,19,23,26,27). The maximum absolute atomic E-state index is 5.64. The van der Waals surface area contributed by atoms with Crippen molar-refractivity contribution in [2.75, 3.05) is 6.54 Å². The van der Waals surface area contributed by atoms with E-state index < -0.39 is 0 Å². The summed E-state index contributed by atoms with van der Waals surface area (Å²) >= 11 is 0. The molecule has 0 saturated heterocycles. The van der Waals surface area contributed by atoms with Crippen molar-refractivity contribution >= 4 is 35.8 Å². The van der Waals surface area contributed by atoms with E-state index in [1.165, 1.54) is 0 Å². The molecule has 16 N–H and O–H groups in total. The molecule has 0 radical (unpaired) electrons. The minimum atomic E-state index is -0.320. The van der Waals surface area contributed by atoms with Crippen LogP contribution in [0.4, 0.5) is 0 Å². The molecular formula is C12H29N15. The number of guanidine groups is 6. The molecule has 0 heterocycles. The molecule has 0 amide bonds. The molecule has 0 rings (SSSR count). The van der Waals surface area contributed by atoms with E-state index in [1.54, 1.807) is 0 Å². The van der Waals surface area contributed by atoms with Gasteiger partial charge in [-0.3, -0.25) is 15.8 Å². The smallest absolute Gasteiger partial charge is 0.243 e. The molecule has 0 bridgehead atoms. The monoisotopic (exact) mass is 383 g/mol. The van der Waals surface area contributed by atoms with E-state index in [1.807, 2.05) is 0 Å². The fourth-order valence-corrected chi connectivity index (χ4v) is 1.48. The minimum absolute atomic E-state index is 0.0411. The lowest BCUT2D eigenvalue weighted by molar-refractivity contribution is 0.674. The van der Waals surface area contributed by atoms with E-state index in [-0.39, 0.29) is 35.8 Å². The molecule has 0 aromatic carbocycles. The highest BCUT2D eigenvalue weighted by Crippen LogP contribution is 1.98. The molecule has 15 heteroatoms. The van der Waals surface area contributed by atoms with Crippen LogP contribution in [-0.4, -0.2) is 42.3 Å². The molecule has 0 spiro atoms. The van der Waals surface area contributed by atoms with Gasteiger partial charge in [0.2, 0.25) is 29.8 Å². The Morgan fingerprint density at radius 1 is 0.667 bits per heavy atom. The molecular weight excluding hydrogens is 354 g/mol. The molecule has 0 aromatic rings. The Morgan fingerprint density at radius 2 is 1.19 bits per heavy atom. The normalized spacial score (nSPS) is 14.0. The van der Waals surface area contributed by atoms with Crippen molar-refractivity contribution in [1.29, 1.82) is 0 Å². The van der Waals surface area contributed by atoms with Gasteiger partial charge in [-0.15, -0.1) is 10.2 Å². The second-order valence-corrected chi connectivity index (χ2v) is 5.00. The summed E-state index contributed by atoms with van der Waals surface area (Å²) in [5.41, 5.74) is 42.7. The summed E-state index contributed by atoms with van der Waals surface area (Å²) in [5.74, 6) is -1.12. The Morgan fingerprint density at radius 3 is 1.70 bits per heavy atom. The third kappa shape index (κ3) is 14.3. The van der Waals surface area contributed by atoms with Crippen LogP contribution < -0.4 is 51.0 Å². The van der Waals surface area contributed by atoms with E-state index in [2.05, 4.69) is 47.9 Å². The van der Waals surface area contributed by atoms with E-state index in [0.29, 0.717) is 6.54 Å². The van der Waals surface area contributed by atoms with Gasteiger partial charge in [-0.05, 0) is 6.42 Å². The van der Waals surface area contributed by atoms with Crippen LogP contribution in [0.15, 0.2) is 30.2 Å². The Hall–Kier alpha value is -3.78. The number of aliphatic imine (C=N–C) groups is 4. The van der Waals surface area contributed by atoms with Gasteiger partial charge in [0.1, 0.15) is 0 Å². The van der Waals surface area contributed by atoms with Gasteiger partial charge in [-0.2, -0.15) is 15.0 Å². The molecule has 0 aromatic heterocycles. The third-order valence-electron chi connectivity index (χ3n) is 2.57. The van der Waals surface area contributed by atoms with Gasteiger partial charge in [-0.25, -0.2) is 0 Å². The SMILES string of the molecule is CCCCCCN=C(N)/N=C(\N)NN/C(N)=N/C(N)=N/N=C(\N)N=C(N)N. The van der Waals surface area contributed by atoms with E-state index in [0.717, 1.165) is 25.7 Å². The zero-order valence-corrected chi connectivity index (χ0v) is 15.3. The number of nitrogens with one attached hydrogen (secondary N) is 2. The molecule has 0 saturated carbocycles. The molecule has 0 aliphatic rings. The van der Waals surface area contributed by atoms with Crippen LogP contribution in [0.5, 0.6) is 0 Å². The van der Waals surface area contributed by atoms with Crippen LogP contribution >= 0.6 is 0 Å². The van der Waals surface area contributed by atoms with Crippen molar-refractivity contribution in [2.45, 2.75) is 32.6 Å². The molecule has 15 nitrogen and oxygen atoms in total. The van der Waals surface area contributed by atoms with Crippen LogP contribution in [-0.2, 0) is 0 Å². The first-order chi connectivity index (χ1) is 12.7. The van der Waals surface area contributed by atoms with Crippen LogP contribution in [0.1, 0.15) is 32.6 Å². The highest BCUT2D eigenvalue weighted by atomic mass is 15.5. The molecule has 27 heavy (non-hydrogen) atoms. The summed E-state index contributed by atoms with van der Waals surface area (Å²) in [6.07, 6.45) is 4.32. The lowest BCUT2D eigenvalue weighted by Crippen LogP contribution is -2.49. The summed E-state index contributed by atoms with van der Waals surface area (Å²) in [4.78, 5) is 15.0. The summed E-state index contributed by atoms with van der Waals surface area (Å²) < 4.78 is 0. The first-order valence-corrected chi connectivity index (χ1v) is 8.01. The highest BCUT2D eigenvalue weighted by molar-refractivity contribution is 5.97. The number of hydrogen-bond acceptors (Lipinski definition) is 3. The Balaban J connectivity index is 4.52. The quantitative estimate of drug-likeness (QED) is 0.0946. The highest BCUT2D eigenvalue weighted by Gasteiger charge is 1.97. The number of nitrogens with zero attached hydrogens (tertiary/aromatic N) is 6. The van der Waals surface area contributed by atoms with E-state index in [4.69, 9.17) is 40.1 Å². The molecule has 0 unspecified atom stereocenters. The van der Waals surface area contributed by atoms with Crippen LogP contribution in [0.3, 0.4) is 0 Å². The van der Waals surface area contributed by atoms with Gasteiger partial charge in [-0.1, -0.05) is 26.2 Å². The van der Waals surface area contributed by atoms with Crippen LogP contribution in [0, 0.1) is 0 Å². The molecule has 0 aliphatic carbocycles. The second-order valence-electron chi connectivity index (χ2n) is 5.00. The zero-order chi connectivity index (χ0) is 20.7. The topological polar surface area (TPSA) is 280 Å². The van der Waals surface area contributed by atoms with Gasteiger partial charge in [0.25, 0.3) is 0 Å². The zero-order valence-electron chi connectivity index (χ0n) is 15.3. The van der Waals surface area contributed by atoms with E-state index in [9.17, 15) is 0 Å². The molecule has 152 valence electrons. The maximum Gasteiger partial charge on any atom is 0.243 e. The number of hydrazine groups is 1. The van der Waals surface area contributed by atoms with Gasteiger partial charge in [0.05, 0.1) is 0 Å². The number of unbranched alkanes of at least 4 members (excludes halogenated alkanes) is 3. The van der Waals surface area contributed by atoms with Crippen LogP contribution in [0.25, 0.3) is 0 Å². The lowest BCUT2D eigenvalue weighted by Gasteiger charge is -2.07. The fourth-order valence-electron chi connectivity index (χ4n) is 1.48. The maximum atomic E-state index is 5.64. The summed E-state index contributed by atoms with van der Waals surface area (Å²) in [6, 6.07) is 0. The fraction of sp³-hybridized carbons (Fsp3) is 0.500. The van der Waals surface area contributed by atoms with Crippen molar-refractivity contribution in [3.05, 3.63) is 0 Å². The average Bonchev–Trinajstić information content (AvgIpc) is 2.57. The summed E-state index contributed by atoms with van der Waals surface area (Å²) in [7, 11) is 0. The average molecular weight is 383 g/mol. The minimum Gasteiger partial charge on any atom is -0.370 e. The Bertz CT molecular complexity index is 623. The first-order valence-electron chi connectivity index (χ1n) is 8.01. The largest absolute Gasteiger partial charge is 0.370 e. The predicted molar refractivity (Wildman–Crippen MR) is 109 cm³/mol. The van der Waals surface area contributed by atoms with Gasteiger partial charge >= 0.3 is 0 Å². The Labute approximate surface area is 157 Å². The van der Waals surface area contributed by atoms with Gasteiger partial charge in [0, 0.05) is 6.54 Å². The predicted octanol–water partition coefficient (Wildman–Crippen LogP) is -3.58. The lowest BCUT2D eigenvalue weighted by atomic mass is 10.2.